The first-order chi connectivity index (χ1) is 4.93. The molecular weight excluding hydrogens is 164 g/mol. The molecule has 1 aromatic carbocycles. The maximum absolute atomic E-state index is 5.38. The van der Waals surface area contributed by atoms with Gasteiger partial charge in [-0.25, -0.2) is 0 Å². The first-order valence-electron chi connectivity index (χ1n) is 2.92. The summed E-state index contributed by atoms with van der Waals surface area (Å²) < 4.78 is 0. The molecular formula is C8H7ClS. The summed E-state index contributed by atoms with van der Waals surface area (Å²) in [4.78, 5) is 0. The van der Waals surface area contributed by atoms with Crippen molar-refractivity contribution in [2.24, 2.45) is 0 Å². The van der Waals surface area contributed by atoms with Crippen LogP contribution in [0, 0.1) is 0 Å². The molecule has 0 fully saturated rings. The molecule has 0 saturated carbocycles. The summed E-state index contributed by atoms with van der Waals surface area (Å²) in [5, 5.41) is 1.84. The Balaban J connectivity index is 2.67. The Morgan fingerprint density at radius 2 is 1.90 bits per heavy atom. The fraction of sp³-hybridized carbons (Fsp3) is 0. The van der Waals surface area contributed by atoms with Crippen LogP contribution in [0.1, 0.15) is 5.56 Å². The zero-order valence-corrected chi connectivity index (χ0v) is 6.90. The monoisotopic (exact) mass is 170 g/mol. The van der Waals surface area contributed by atoms with Crippen molar-refractivity contribution in [1.82, 2.24) is 0 Å². The molecule has 0 aliphatic carbocycles. The number of halogens is 1. The minimum absolute atomic E-state index is 1.18. The Labute approximate surface area is 69.4 Å². The standard InChI is InChI=1S/C8H7ClS/c9-10-7-6-8-4-2-1-3-5-8/h1-7H/b7-6+. The second-order valence-electron chi connectivity index (χ2n) is 1.80. The molecule has 0 unspecified atom stereocenters. The fourth-order valence-electron chi connectivity index (χ4n) is 0.668. The molecule has 10 heavy (non-hydrogen) atoms. The van der Waals surface area contributed by atoms with E-state index in [1.807, 2.05) is 41.8 Å². The van der Waals surface area contributed by atoms with Gasteiger partial charge in [-0.15, -0.1) is 0 Å². The Hall–Kier alpha value is -0.400. The van der Waals surface area contributed by atoms with Crippen LogP contribution in [0.2, 0.25) is 0 Å². The van der Waals surface area contributed by atoms with E-state index in [9.17, 15) is 0 Å². The third kappa shape index (κ3) is 2.46. The minimum Gasteiger partial charge on any atom is -0.0622 e. The lowest BCUT2D eigenvalue weighted by atomic mass is 10.2. The molecule has 1 rings (SSSR count). The molecule has 0 heterocycles. The van der Waals surface area contributed by atoms with Crippen LogP contribution in [0.15, 0.2) is 35.7 Å². The van der Waals surface area contributed by atoms with Gasteiger partial charge in [0.05, 0.1) is 0 Å². The van der Waals surface area contributed by atoms with Crippen LogP contribution in [0.4, 0.5) is 0 Å². The van der Waals surface area contributed by atoms with Gasteiger partial charge in [-0.3, -0.25) is 0 Å². The Morgan fingerprint density at radius 3 is 2.50 bits per heavy atom. The highest BCUT2D eigenvalue weighted by Crippen LogP contribution is 2.10. The number of benzene rings is 1. The molecule has 0 aliphatic rings. The van der Waals surface area contributed by atoms with Gasteiger partial charge in [-0.1, -0.05) is 30.3 Å². The first kappa shape index (κ1) is 7.70. The molecule has 0 nitrogen and oxygen atoms in total. The maximum Gasteiger partial charge on any atom is -0.0125 e. The molecule has 0 amide bonds. The van der Waals surface area contributed by atoms with Crippen molar-refractivity contribution in [2.45, 2.75) is 0 Å². The third-order valence-corrected chi connectivity index (χ3v) is 1.66. The number of hydrogen-bond acceptors (Lipinski definition) is 1. The zero-order chi connectivity index (χ0) is 7.23. The molecule has 0 bridgehead atoms. The van der Waals surface area contributed by atoms with E-state index < -0.39 is 0 Å². The van der Waals surface area contributed by atoms with Gasteiger partial charge in [0.1, 0.15) is 0 Å². The van der Waals surface area contributed by atoms with E-state index in [4.69, 9.17) is 10.7 Å². The van der Waals surface area contributed by atoms with Gasteiger partial charge in [-0.05, 0) is 38.7 Å². The van der Waals surface area contributed by atoms with Gasteiger partial charge in [0, 0.05) is 0 Å². The molecule has 0 aromatic heterocycles. The highest BCUT2D eigenvalue weighted by atomic mass is 35.7. The summed E-state index contributed by atoms with van der Waals surface area (Å²) in [5.41, 5.74) is 1.18. The topological polar surface area (TPSA) is 0 Å². The Bertz CT molecular complexity index is 206. The van der Waals surface area contributed by atoms with Gasteiger partial charge in [0.25, 0.3) is 0 Å². The van der Waals surface area contributed by atoms with Crippen molar-refractivity contribution in [2.75, 3.05) is 0 Å². The average Bonchev–Trinajstić information content (AvgIpc) is 2.03. The molecule has 0 aliphatic heterocycles. The van der Waals surface area contributed by atoms with Crippen LogP contribution in [0.5, 0.6) is 0 Å². The normalized spacial score (nSPS) is 10.5. The summed E-state index contributed by atoms with van der Waals surface area (Å²) in [7, 11) is 6.57. The lowest BCUT2D eigenvalue weighted by molar-refractivity contribution is 1.67. The first-order valence-corrected chi connectivity index (χ1v) is 4.63. The summed E-state index contributed by atoms with van der Waals surface area (Å²) >= 11 is 0. The highest BCUT2D eigenvalue weighted by Gasteiger charge is 1.79. The number of hydrogen-bond donors (Lipinski definition) is 0. The summed E-state index contributed by atoms with van der Waals surface area (Å²) in [6.07, 6.45) is 1.97. The van der Waals surface area contributed by atoms with E-state index in [-0.39, 0.29) is 0 Å². The minimum atomic E-state index is 1.18. The largest absolute Gasteiger partial charge is 0.0622 e. The van der Waals surface area contributed by atoms with Gasteiger partial charge >= 0.3 is 0 Å². The van der Waals surface area contributed by atoms with E-state index >= 15 is 0 Å². The second kappa shape index (κ2) is 4.42. The van der Waals surface area contributed by atoms with Gasteiger partial charge in [-0.2, -0.15) is 0 Å². The lowest BCUT2D eigenvalue weighted by Crippen LogP contribution is -1.65. The van der Waals surface area contributed by atoms with Crippen molar-refractivity contribution >= 4 is 27.7 Å². The van der Waals surface area contributed by atoms with Crippen molar-refractivity contribution in [1.29, 1.82) is 0 Å². The number of rotatable bonds is 2. The summed E-state index contributed by atoms with van der Waals surface area (Å²) in [6.45, 7) is 0. The Kier molecular flexibility index (Phi) is 3.41. The highest BCUT2D eigenvalue weighted by molar-refractivity contribution is 8.23. The summed E-state index contributed by atoms with van der Waals surface area (Å²) in [5.74, 6) is 0. The quantitative estimate of drug-likeness (QED) is 0.654. The van der Waals surface area contributed by atoms with Crippen LogP contribution in [0.3, 0.4) is 0 Å². The van der Waals surface area contributed by atoms with Crippen LogP contribution in [0.25, 0.3) is 6.08 Å². The smallest absolute Gasteiger partial charge is 0.0125 e. The molecule has 0 atom stereocenters. The molecule has 52 valence electrons. The molecule has 0 spiro atoms. The molecule has 2 heteroatoms. The van der Waals surface area contributed by atoms with Gasteiger partial charge in [0.2, 0.25) is 0 Å². The van der Waals surface area contributed by atoms with Gasteiger partial charge < -0.3 is 0 Å². The molecule has 1 aromatic rings. The van der Waals surface area contributed by atoms with Crippen LogP contribution in [-0.4, -0.2) is 0 Å². The summed E-state index contributed by atoms with van der Waals surface area (Å²) in [6, 6.07) is 10.1. The molecule has 0 saturated heterocycles. The predicted molar refractivity (Wildman–Crippen MR) is 48.9 cm³/mol. The zero-order valence-electron chi connectivity index (χ0n) is 5.33. The van der Waals surface area contributed by atoms with Gasteiger partial charge in [0.15, 0.2) is 0 Å². The van der Waals surface area contributed by atoms with E-state index in [0.29, 0.717) is 0 Å². The maximum atomic E-state index is 5.38. The SMILES string of the molecule is ClS/C=C/c1ccccc1. The van der Waals surface area contributed by atoms with Crippen LogP contribution >= 0.6 is 21.7 Å². The lowest BCUT2D eigenvalue weighted by Gasteiger charge is -1.87. The van der Waals surface area contributed by atoms with E-state index in [2.05, 4.69) is 0 Å². The van der Waals surface area contributed by atoms with Crippen molar-refractivity contribution < 1.29 is 0 Å². The third-order valence-electron chi connectivity index (χ3n) is 1.11. The predicted octanol–water partition coefficient (Wildman–Crippen LogP) is 3.54. The fourth-order valence-corrected chi connectivity index (χ4v) is 1.03. The average molecular weight is 171 g/mol. The van der Waals surface area contributed by atoms with Crippen molar-refractivity contribution in [3.05, 3.63) is 41.3 Å². The van der Waals surface area contributed by atoms with Crippen LogP contribution in [-0.2, 0) is 0 Å². The molecule has 0 radical (unpaired) electrons. The van der Waals surface area contributed by atoms with Crippen molar-refractivity contribution in [3.63, 3.8) is 0 Å². The Morgan fingerprint density at radius 1 is 1.20 bits per heavy atom. The van der Waals surface area contributed by atoms with E-state index in [0.717, 1.165) is 0 Å². The van der Waals surface area contributed by atoms with Crippen LogP contribution < -0.4 is 0 Å². The molecule has 0 N–H and O–H groups in total. The van der Waals surface area contributed by atoms with Crippen molar-refractivity contribution in [3.8, 4) is 0 Å². The second-order valence-corrected chi connectivity index (χ2v) is 2.79. The van der Waals surface area contributed by atoms with E-state index in [1.54, 1.807) is 0 Å². The van der Waals surface area contributed by atoms with E-state index in [1.165, 1.54) is 16.5 Å².